The highest BCUT2D eigenvalue weighted by Crippen LogP contribution is 2.18. The number of carbonyl (C=O) groups excluding carboxylic acids is 2. The van der Waals surface area contributed by atoms with Gasteiger partial charge in [0.1, 0.15) is 5.75 Å². The molecule has 5 nitrogen and oxygen atoms in total. The van der Waals surface area contributed by atoms with Crippen LogP contribution in [0.2, 0.25) is 0 Å². The number of ether oxygens (including phenoxy) is 2. The number of benzene rings is 2. The SMILES string of the molecule is CC(C)OC(=O)c1ccc(NC(=O)COc2cccc(Br)c2)cc1. The van der Waals surface area contributed by atoms with E-state index in [0.29, 0.717) is 17.0 Å². The van der Waals surface area contributed by atoms with Crippen LogP contribution in [0.4, 0.5) is 5.69 Å². The van der Waals surface area contributed by atoms with Crippen LogP contribution in [0.1, 0.15) is 24.2 Å². The molecule has 0 atom stereocenters. The number of hydrogen-bond acceptors (Lipinski definition) is 4. The summed E-state index contributed by atoms with van der Waals surface area (Å²) < 4.78 is 11.4. The molecule has 2 aromatic carbocycles. The van der Waals surface area contributed by atoms with E-state index in [1.54, 1.807) is 50.2 Å². The Labute approximate surface area is 149 Å². The summed E-state index contributed by atoms with van der Waals surface area (Å²) in [5, 5.41) is 2.71. The van der Waals surface area contributed by atoms with Crippen molar-refractivity contribution in [2.75, 3.05) is 11.9 Å². The zero-order chi connectivity index (χ0) is 17.5. The maximum absolute atomic E-state index is 11.9. The standard InChI is InChI=1S/C18H18BrNO4/c1-12(2)24-18(22)13-6-8-15(9-7-13)20-17(21)11-23-16-5-3-4-14(19)10-16/h3-10,12H,11H2,1-2H3,(H,20,21). The average molecular weight is 392 g/mol. The summed E-state index contributed by atoms with van der Waals surface area (Å²) in [6.45, 7) is 3.48. The summed E-state index contributed by atoms with van der Waals surface area (Å²) in [4.78, 5) is 23.6. The van der Waals surface area contributed by atoms with Gasteiger partial charge in [-0.1, -0.05) is 22.0 Å². The molecule has 2 rings (SSSR count). The molecule has 126 valence electrons. The monoisotopic (exact) mass is 391 g/mol. The number of esters is 1. The predicted molar refractivity (Wildman–Crippen MR) is 95.3 cm³/mol. The molecule has 0 spiro atoms. The Bertz CT molecular complexity index is 713. The first-order valence-electron chi connectivity index (χ1n) is 7.43. The average Bonchev–Trinajstić information content (AvgIpc) is 2.53. The molecular weight excluding hydrogens is 374 g/mol. The van der Waals surface area contributed by atoms with Gasteiger partial charge in [0.15, 0.2) is 6.61 Å². The van der Waals surface area contributed by atoms with Crippen molar-refractivity contribution in [1.82, 2.24) is 0 Å². The van der Waals surface area contributed by atoms with Gasteiger partial charge < -0.3 is 14.8 Å². The first-order chi connectivity index (χ1) is 11.4. The lowest BCUT2D eigenvalue weighted by atomic mass is 10.2. The van der Waals surface area contributed by atoms with Crippen LogP contribution in [-0.2, 0) is 9.53 Å². The second-order valence-electron chi connectivity index (χ2n) is 5.33. The zero-order valence-corrected chi connectivity index (χ0v) is 15.0. The van der Waals surface area contributed by atoms with Gasteiger partial charge in [-0.25, -0.2) is 4.79 Å². The van der Waals surface area contributed by atoms with Crippen LogP contribution in [0, 0.1) is 0 Å². The Morgan fingerprint density at radius 2 is 1.83 bits per heavy atom. The van der Waals surface area contributed by atoms with Crippen LogP contribution in [0.15, 0.2) is 53.0 Å². The smallest absolute Gasteiger partial charge is 0.338 e. The summed E-state index contributed by atoms with van der Waals surface area (Å²) in [7, 11) is 0. The van der Waals surface area contributed by atoms with Gasteiger partial charge in [-0.2, -0.15) is 0 Å². The summed E-state index contributed by atoms with van der Waals surface area (Å²) in [5.74, 6) is -0.0698. The highest BCUT2D eigenvalue weighted by molar-refractivity contribution is 9.10. The molecule has 0 saturated carbocycles. The molecule has 0 fully saturated rings. The highest BCUT2D eigenvalue weighted by Gasteiger charge is 2.10. The van der Waals surface area contributed by atoms with Crippen LogP contribution in [-0.4, -0.2) is 24.6 Å². The summed E-state index contributed by atoms with van der Waals surface area (Å²) in [6, 6.07) is 13.8. The maximum Gasteiger partial charge on any atom is 0.338 e. The molecule has 6 heteroatoms. The largest absolute Gasteiger partial charge is 0.484 e. The number of rotatable bonds is 6. The molecule has 0 aliphatic carbocycles. The van der Waals surface area contributed by atoms with Gasteiger partial charge >= 0.3 is 5.97 Å². The molecule has 0 heterocycles. The van der Waals surface area contributed by atoms with Crippen molar-refractivity contribution < 1.29 is 19.1 Å². The van der Waals surface area contributed by atoms with E-state index in [1.807, 2.05) is 12.1 Å². The second-order valence-corrected chi connectivity index (χ2v) is 6.24. The van der Waals surface area contributed by atoms with E-state index in [1.165, 1.54) is 0 Å². The van der Waals surface area contributed by atoms with Crippen molar-refractivity contribution in [2.24, 2.45) is 0 Å². The minimum absolute atomic E-state index is 0.104. The second kappa shape index (κ2) is 8.49. The number of nitrogens with one attached hydrogen (secondary N) is 1. The lowest BCUT2D eigenvalue weighted by Crippen LogP contribution is -2.20. The van der Waals surface area contributed by atoms with Crippen molar-refractivity contribution >= 4 is 33.5 Å². The number of anilines is 1. The Morgan fingerprint density at radius 3 is 2.46 bits per heavy atom. The minimum atomic E-state index is -0.388. The fourth-order valence-electron chi connectivity index (χ4n) is 1.87. The van der Waals surface area contributed by atoms with Gasteiger partial charge in [0.2, 0.25) is 0 Å². The molecule has 0 aliphatic heterocycles. The van der Waals surface area contributed by atoms with Gasteiger partial charge in [0, 0.05) is 10.2 Å². The van der Waals surface area contributed by atoms with E-state index < -0.39 is 0 Å². The lowest BCUT2D eigenvalue weighted by Gasteiger charge is -2.10. The molecule has 0 aromatic heterocycles. The normalized spacial score (nSPS) is 10.3. The first-order valence-corrected chi connectivity index (χ1v) is 8.22. The van der Waals surface area contributed by atoms with Crippen LogP contribution in [0.3, 0.4) is 0 Å². The molecule has 1 amide bonds. The molecule has 2 aromatic rings. The third-order valence-electron chi connectivity index (χ3n) is 2.91. The summed E-state index contributed by atoms with van der Waals surface area (Å²) in [6.07, 6.45) is -0.174. The minimum Gasteiger partial charge on any atom is -0.484 e. The van der Waals surface area contributed by atoms with Gasteiger partial charge in [-0.15, -0.1) is 0 Å². The fourth-order valence-corrected chi connectivity index (χ4v) is 2.25. The Balaban J connectivity index is 1.86. The van der Waals surface area contributed by atoms with Crippen molar-refractivity contribution in [1.29, 1.82) is 0 Å². The van der Waals surface area contributed by atoms with Crippen LogP contribution in [0.5, 0.6) is 5.75 Å². The van der Waals surface area contributed by atoms with Crippen molar-refractivity contribution in [3.05, 3.63) is 58.6 Å². The van der Waals surface area contributed by atoms with Gasteiger partial charge in [-0.05, 0) is 56.3 Å². The van der Waals surface area contributed by atoms with E-state index in [2.05, 4.69) is 21.2 Å². The van der Waals surface area contributed by atoms with E-state index in [-0.39, 0.29) is 24.6 Å². The highest BCUT2D eigenvalue weighted by atomic mass is 79.9. The van der Waals surface area contributed by atoms with E-state index in [9.17, 15) is 9.59 Å². The predicted octanol–water partition coefficient (Wildman–Crippen LogP) is 4.03. The maximum atomic E-state index is 11.9. The van der Waals surface area contributed by atoms with Crippen LogP contribution >= 0.6 is 15.9 Å². The quantitative estimate of drug-likeness (QED) is 0.754. The lowest BCUT2D eigenvalue weighted by molar-refractivity contribution is -0.118. The topological polar surface area (TPSA) is 64.6 Å². The zero-order valence-electron chi connectivity index (χ0n) is 13.4. The molecular formula is C18H18BrNO4. The van der Waals surface area contributed by atoms with Crippen molar-refractivity contribution in [3.8, 4) is 5.75 Å². The number of hydrogen-bond donors (Lipinski definition) is 1. The summed E-state index contributed by atoms with van der Waals surface area (Å²) in [5.41, 5.74) is 1.02. The molecule has 0 bridgehead atoms. The molecule has 0 saturated heterocycles. The molecule has 0 aliphatic rings. The third kappa shape index (κ3) is 5.70. The van der Waals surface area contributed by atoms with Gasteiger partial charge in [0.25, 0.3) is 5.91 Å². The fraction of sp³-hybridized carbons (Fsp3) is 0.222. The molecule has 24 heavy (non-hydrogen) atoms. The Kier molecular flexibility index (Phi) is 6.37. The number of halogens is 1. The third-order valence-corrected chi connectivity index (χ3v) is 3.41. The molecule has 0 unspecified atom stereocenters. The Hall–Kier alpha value is -2.34. The molecule has 0 radical (unpaired) electrons. The number of carbonyl (C=O) groups is 2. The van der Waals surface area contributed by atoms with E-state index >= 15 is 0 Å². The Morgan fingerprint density at radius 1 is 1.12 bits per heavy atom. The first kappa shape index (κ1) is 18.0. The van der Waals surface area contributed by atoms with Crippen LogP contribution in [0.25, 0.3) is 0 Å². The van der Waals surface area contributed by atoms with Gasteiger partial charge in [0.05, 0.1) is 11.7 Å². The summed E-state index contributed by atoms with van der Waals surface area (Å²) >= 11 is 3.34. The van der Waals surface area contributed by atoms with Crippen molar-refractivity contribution in [3.63, 3.8) is 0 Å². The van der Waals surface area contributed by atoms with Gasteiger partial charge in [-0.3, -0.25) is 4.79 Å². The number of amides is 1. The van der Waals surface area contributed by atoms with E-state index in [4.69, 9.17) is 9.47 Å². The van der Waals surface area contributed by atoms with Crippen molar-refractivity contribution in [2.45, 2.75) is 20.0 Å². The molecule has 1 N–H and O–H groups in total. The van der Waals surface area contributed by atoms with Crippen LogP contribution < -0.4 is 10.1 Å². The van der Waals surface area contributed by atoms with E-state index in [0.717, 1.165) is 4.47 Å².